The average molecular weight is 413 g/mol. The van der Waals surface area contributed by atoms with Gasteiger partial charge in [0.25, 0.3) is 11.5 Å². The minimum absolute atomic E-state index is 0.00331. The Balaban J connectivity index is 1.57. The standard InChI is InChI=1S/C22H21F2N3O3/c23-8-10-30-15-7-9-27(13-15)22(29)18-11-14(5-6-19(18)24)12-20-16-3-1-2-4-17(16)21(28)26-25-20/h1-6,11,15H,7-10,12-13H2,(H,26,28)/t15-/m1/s1. The molecule has 1 N–H and O–H groups in total. The summed E-state index contributed by atoms with van der Waals surface area (Å²) in [6, 6.07) is 11.5. The monoisotopic (exact) mass is 413 g/mol. The fourth-order valence-corrected chi connectivity index (χ4v) is 3.78. The van der Waals surface area contributed by atoms with E-state index in [-0.39, 0.29) is 23.8 Å². The average Bonchev–Trinajstić information content (AvgIpc) is 3.24. The van der Waals surface area contributed by atoms with E-state index < -0.39 is 18.4 Å². The van der Waals surface area contributed by atoms with E-state index in [0.29, 0.717) is 48.0 Å². The van der Waals surface area contributed by atoms with Crippen LogP contribution in [0.4, 0.5) is 8.78 Å². The number of nitrogens with one attached hydrogen (secondary N) is 1. The van der Waals surface area contributed by atoms with Gasteiger partial charge in [-0.2, -0.15) is 5.10 Å². The maximum absolute atomic E-state index is 14.4. The van der Waals surface area contributed by atoms with Gasteiger partial charge in [0.2, 0.25) is 0 Å². The van der Waals surface area contributed by atoms with Crippen molar-refractivity contribution in [3.05, 3.63) is 75.5 Å². The van der Waals surface area contributed by atoms with Crippen LogP contribution in [0.2, 0.25) is 0 Å². The van der Waals surface area contributed by atoms with Gasteiger partial charge in [0, 0.05) is 24.9 Å². The topological polar surface area (TPSA) is 75.3 Å². The SMILES string of the molecule is O=C(c1cc(Cc2n[nH]c(=O)c3ccccc23)ccc1F)N1CC[C@@H](OCCF)C1. The van der Waals surface area contributed by atoms with Crippen molar-refractivity contribution in [3.63, 3.8) is 0 Å². The van der Waals surface area contributed by atoms with Crippen LogP contribution in [0.5, 0.6) is 0 Å². The Morgan fingerprint density at radius 2 is 2.03 bits per heavy atom. The molecular weight excluding hydrogens is 392 g/mol. The molecule has 1 atom stereocenters. The van der Waals surface area contributed by atoms with Crippen LogP contribution in [0.3, 0.4) is 0 Å². The molecule has 0 aliphatic carbocycles. The third-order valence-corrected chi connectivity index (χ3v) is 5.27. The number of benzene rings is 2. The molecule has 3 aromatic rings. The van der Waals surface area contributed by atoms with E-state index in [0.717, 1.165) is 0 Å². The van der Waals surface area contributed by atoms with Gasteiger partial charge in [0.05, 0.1) is 29.4 Å². The number of hydrogen-bond acceptors (Lipinski definition) is 4. The van der Waals surface area contributed by atoms with E-state index in [1.54, 1.807) is 18.2 Å². The van der Waals surface area contributed by atoms with Crippen LogP contribution in [0, 0.1) is 5.82 Å². The van der Waals surface area contributed by atoms with Crippen LogP contribution in [-0.2, 0) is 11.2 Å². The molecule has 4 rings (SSSR count). The van der Waals surface area contributed by atoms with Gasteiger partial charge < -0.3 is 9.64 Å². The Labute approximate surface area is 171 Å². The van der Waals surface area contributed by atoms with E-state index >= 15 is 0 Å². The number of halogens is 2. The second-order valence-corrected chi connectivity index (χ2v) is 7.26. The van der Waals surface area contributed by atoms with Crippen LogP contribution >= 0.6 is 0 Å². The van der Waals surface area contributed by atoms with Gasteiger partial charge in [-0.05, 0) is 30.2 Å². The molecule has 1 aliphatic rings. The number of amides is 1. The summed E-state index contributed by atoms with van der Waals surface area (Å²) in [5, 5.41) is 7.86. The highest BCUT2D eigenvalue weighted by Gasteiger charge is 2.29. The molecule has 0 saturated carbocycles. The molecule has 1 amide bonds. The number of hydrogen-bond donors (Lipinski definition) is 1. The van der Waals surface area contributed by atoms with Crippen LogP contribution < -0.4 is 5.56 Å². The number of rotatable bonds is 6. The van der Waals surface area contributed by atoms with Gasteiger partial charge in [-0.1, -0.05) is 24.3 Å². The Bertz CT molecular complexity index is 1130. The zero-order chi connectivity index (χ0) is 21.1. The quantitative estimate of drug-likeness (QED) is 0.674. The summed E-state index contributed by atoms with van der Waals surface area (Å²) >= 11 is 0. The summed E-state index contributed by atoms with van der Waals surface area (Å²) in [5.74, 6) is -1.02. The number of carbonyl (C=O) groups is 1. The first-order valence-electron chi connectivity index (χ1n) is 9.78. The molecule has 1 aliphatic heterocycles. The largest absolute Gasteiger partial charge is 0.374 e. The lowest BCUT2D eigenvalue weighted by Crippen LogP contribution is -2.31. The Morgan fingerprint density at radius 1 is 1.23 bits per heavy atom. The lowest BCUT2D eigenvalue weighted by Gasteiger charge is -2.17. The molecular formula is C22H21F2N3O3. The van der Waals surface area contributed by atoms with Crippen molar-refractivity contribution in [2.45, 2.75) is 18.9 Å². The number of likely N-dealkylation sites (tertiary alicyclic amines) is 1. The van der Waals surface area contributed by atoms with Gasteiger partial charge in [-0.25, -0.2) is 13.9 Å². The molecule has 1 fully saturated rings. The van der Waals surface area contributed by atoms with Crippen molar-refractivity contribution in [2.24, 2.45) is 0 Å². The van der Waals surface area contributed by atoms with E-state index in [1.807, 2.05) is 12.1 Å². The van der Waals surface area contributed by atoms with Crippen molar-refractivity contribution >= 4 is 16.7 Å². The summed E-state index contributed by atoms with van der Waals surface area (Å²) in [6.07, 6.45) is 0.702. The predicted octanol–water partition coefficient (Wildman–Crippen LogP) is 2.85. The highest BCUT2D eigenvalue weighted by molar-refractivity contribution is 5.95. The highest BCUT2D eigenvalue weighted by Crippen LogP contribution is 2.21. The number of aromatic amines is 1. The summed E-state index contributed by atoms with van der Waals surface area (Å²) in [7, 11) is 0. The fourth-order valence-electron chi connectivity index (χ4n) is 3.78. The van der Waals surface area contributed by atoms with Crippen LogP contribution in [-0.4, -0.2) is 53.5 Å². The van der Waals surface area contributed by atoms with Gasteiger partial charge in [-0.3, -0.25) is 9.59 Å². The molecule has 0 radical (unpaired) electrons. The first kappa shape index (κ1) is 20.2. The van der Waals surface area contributed by atoms with Crippen molar-refractivity contribution < 1.29 is 18.3 Å². The fraction of sp³-hybridized carbons (Fsp3) is 0.318. The second kappa shape index (κ2) is 8.71. The maximum Gasteiger partial charge on any atom is 0.272 e. The lowest BCUT2D eigenvalue weighted by atomic mass is 10.0. The minimum Gasteiger partial charge on any atom is -0.374 e. The van der Waals surface area contributed by atoms with Gasteiger partial charge >= 0.3 is 0 Å². The summed E-state index contributed by atoms with van der Waals surface area (Å²) in [5.41, 5.74) is 1.04. The smallest absolute Gasteiger partial charge is 0.272 e. The maximum atomic E-state index is 14.4. The Kier molecular flexibility index (Phi) is 5.85. The van der Waals surface area contributed by atoms with Crippen LogP contribution in [0.1, 0.15) is 28.0 Å². The highest BCUT2D eigenvalue weighted by atomic mass is 19.1. The molecule has 0 unspecified atom stereocenters. The number of nitrogens with zero attached hydrogens (tertiary/aromatic N) is 2. The molecule has 0 spiro atoms. The van der Waals surface area contributed by atoms with E-state index in [1.165, 1.54) is 17.0 Å². The number of aromatic nitrogens is 2. The van der Waals surface area contributed by atoms with Gasteiger partial charge in [0.15, 0.2) is 0 Å². The lowest BCUT2D eigenvalue weighted by molar-refractivity contribution is 0.0466. The molecule has 1 saturated heterocycles. The van der Waals surface area contributed by atoms with Crippen LogP contribution in [0.25, 0.3) is 10.8 Å². The summed E-state index contributed by atoms with van der Waals surface area (Å²) in [6.45, 7) is 0.172. The minimum atomic E-state index is -0.601. The molecule has 156 valence electrons. The second-order valence-electron chi connectivity index (χ2n) is 7.26. The molecule has 0 bridgehead atoms. The first-order valence-corrected chi connectivity index (χ1v) is 9.78. The predicted molar refractivity (Wildman–Crippen MR) is 108 cm³/mol. The third-order valence-electron chi connectivity index (χ3n) is 5.27. The molecule has 1 aromatic heterocycles. The van der Waals surface area contributed by atoms with Crippen molar-refractivity contribution in [2.75, 3.05) is 26.4 Å². The van der Waals surface area contributed by atoms with Crippen molar-refractivity contribution in [1.29, 1.82) is 0 Å². The third kappa shape index (κ3) is 4.09. The van der Waals surface area contributed by atoms with Crippen LogP contribution in [0.15, 0.2) is 47.3 Å². The molecule has 2 heterocycles. The zero-order valence-electron chi connectivity index (χ0n) is 16.2. The first-order chi connectivity index (χ1) is 14.6. The summed E-state index contributed by atoms with van der Waals surface area (Å²) in [4.78, 5) is 26.3. The van der Waals surface area contributed by atoms with Crippen molar-refractivity contribution in [1.82, 2.24) is 15.1 Å². The van der Waals surface area contributed by atoms with Gasteiger partial charge in [-0.15, -0.1) is 0 Å². The number of ether oxygens (including phenoxy) is 1. The van der Waals surface area contributed by atoms with E-state index in [2.05, 4.69) is 10.2 Å². The number of H-pyrrole nitrogens is 1. The Hall–Kier alpha value is -3.13. The van der Waals surface area contributed by atoms with Gasteiger partial charge in [0.1, 0.15) is 12.5 Å². The number of carbonyl (C=O) groups excluding carboxylic acids is 1. The van der Waals surface area contributed by atoms with E-state index in [9.17, 15) is 18.4 Å². The van der Waals surface area contributed by atoms with Crippen molar-refractivity contribution in [3.8, 4) is 0 Å². The number of alkyl halides is 1. The molecule has 2 aromatic carbocycles. The molecule has 6 nitrogen and oxygen atoms in total. The normalized spacial score (nSPS) is 16.3. The zero-order valence-corrected chi connectivity index (χ0v) is 16.2. The van der Waals surface area contributed by atoms with E-state index in [4.69, 9.17) is 4.74 Å². The Morgan fingerprint density at radius 3 is 2.83 bits per heavy atom. The summed E-state index contributed by atoms with van der Waals surface area (Å²) < 4.78 is 32.1. The molecule has 30 heavy (non-hydrogen) atoms. The molecule has 8 heteroatoms. The number of fused-ring (bicyclic) bond motifs is 1.